The molecule has 0 bridgehead atoms. The summed E-state index contributed by atoms with van der Waals surface area (Å²) in [4.78, 5) is 16.6. The molecule has 2 rings (SSSR count). The van der Waals surface area contributed by atoms with E-state index in [1.54, 1.807) is 6.07 Å². The number of nitrogens with zero attached hydrogens (tertiary/aromatic N) is 2. The van der Waals surface area contributed by atoms with Crippen molar-refractivity contribution in [2.75, 3.05) is 32.7 Å². The van der Waals surface area contributed by atoms with Gasteiger partial charge in [-0.1, -0.05) is 63.0 Å². The van der Waals surface area contributed by atoms with Crippen molar-refractivity contribution < 1.29 is 9.90 Å². The molecule has 1 amide bonds. The molecular weight excluding hydrogens is 431 g/mol. The van der Waals surface area contributed by atoms with Gasteiger partial charge in [-0.05, 0) is 76.7 Å². The van der Waals surface area contributed by atoms with Crippen LogP contribution in [-0.2, 0) is 4.79 Å². The van der Waals surface area contributed by atoms with Crippen LogP contribution in [0.5, 0.6) is 0 Å². The van der Waals surface area contributed by atoms with E-state index in [1.165, 1.54) is 12.8 Å². The van der Waals surface area contributed by atoms with Crippen LogP contribution in [0.2, 0.25) is 10.0 Å². The Labute approximate surface area is 199 Å². The van der Waals surface area contributed by atoms with E-state index in [2.05, 4.69) is 18.7 Å². The summed E-state index contributed by atoms with van der Waals surface area (Å²) in [6, 6.07) is 5.58. The van der Waals surface area contributed by atoms with E-state index in [0.29, 0.717) is 23.1 Å². The molecule has 1 N–H and O–H groups in total. The maximum absolute atomic E-state index is 12.2. The number of β-amino-alcohol motifs (C(OH)–C–C–N with tert-alkyl or cyclic N) is 1. The Morgan fingerprint density at radius 1 is 1.19 bits per heavy atom. The molecule has 1 saturated heterocycles. The summed E-state index contributed by atoms with van der Waals surface area (Å²) >= 11 is 11.4. The molecule has 2 atom stereocenters. The summed E-state index contributed by atoms with van der Waals surface area (Å²) in [5.74, 6) is 0.281. The normalized spacial score (nSPS) is 19.3. The van der Waals surface area contributed by atoms with Crippen LogP contribution in [-0.4, -0.2) is 59.1 Å². The van der Waals surface area contributed by atoms with Gasteiger partial charge in [0, 0.05) is 19.0 Å². The zero-order valence-corrected chi connectivity index (χ0v) is 21.6. The Balaban J connectivity index is 0.000000442. The van der Waals surface area contributed by atoms with Crippen molar-refractivity contribution in [2.45, 2.75) is 78.7 Å². The topological polar surface area (TPSA) is 43.8 Å². The predicted molar refractivity (Wildman–Crippen MR) is 133 cm³/mol. The lowest BCUT2D eigenvalue weighted by molar-refractivity contribution is -0.135. The molecule has 0 spiro atoms. The molecule has 1 aliphatic heterocycles. The quantitative estimate of drug-likeness (QED) is 0.440. The first-order chi connectivity index (χ1) is 14.7. The Morgan fingerprint density at radius 2 is 1.84 bits per heavy atom. The minimum absolute atomic E-state index is 0.0759. The highest BCUT2D eigenvalue weighted by Gasteiger charge is 2.38. The summed E-state index contributed by atoms with van der Waals surface area (Å²) in [7, 11) is 0. The van der Waals surface area contributed by atoms with Crippen molar-refractivity contribution in [3.05, 3.63) is 33.8 Å². The van der Waals surface area contributed by atoms with Crippen LogP contribution in [0.15, 0.2) is 18.2 Å². The number of rotatable bonds is 10. The van der Waals surface area contributed by atoms with Gasteiger partial charge in [-0.2, -0.15) is 0 Å². The fourth-order valence-corrected chi connectivity index (χ4v) is 4.29. The molecule has 0 saturated carbocycles. The maximum atomic E-state index is 12.2. The first-order valence-corrected chi connectivity index (χ1v) is 12.6. The van der Waals surface area contributed by atoms with Gasteiger partial charge >= 0.3 is 0 Å². The number of benzene rings is 1. The standard InChI is InChI=1S/C18H36N2O2.C7H6Cl2/c1-5-11-19(12-6-2)13-8-9-18(22)10-14-20(15-18)17(21)16(4)7-3;1-5-3-2-4-6(8)7(5)9/h16,22H,5-15H2,1-4H3;2-4H,1H3. The highest BCUT2D eigenvalue weighted by atomic mass is 35.5. The van der Waals surface area contributed by atoms with Crippen molar-refractivity contribution in [1.82, 2.24) is 9.80 Å². The number of carbonyl (C=O) groups is 1. The Bertz CT molecular complexity index is 645. The number of carbonyl (C=O) groups excluding carboxylic acids is 1. The van der Waals surface area contributed by atoms with Crippen LogP contribution < -0.4 is 0 Å². The third-order valence-corrected chi connectivity index (χ3v) is 6.93. The minimum atomic E-state index is -0.660. The smallest absolute Gasteiger partial charge is 0.225 e. The van der Waals surface area contributed by atoms with Gasteiger partial charge in [0.2, 0.25) is 5.91 Å². The van der Waals surface area contributed by atoms with E-state index in [-0.39, 0.29) is 11.8 Å². The fraction of sp³-hybridized carbons (Fsp3) is 0.720. The molecule has 6 heteroatoms. The second kappa shape index (κ2) is 14.4. The van der Waals surface area contributed by atoms with Crippen LogP contribution in [0, 0.1) is 12.8 Å². The average Bonchev–Trinajstić information content (AvgIpc) is 3.13. The number of amides is 1. The number of hydrogen-bond acceptors (Lipinski definition) is 3. The molecule has 1 aliphatic rings. The van der Waals surface area contributed by atoms with E-state index in [4.69, 9.17) is 23.2 Å². The van der Waals surface area contributed by atoms with Gasteiger partial charge in [-0.3, -0.25) is 4.79 Å². The second-order valence-electron chi connectivity index (χ2n) is 8.86. The van der Waals surface area contributed by atoms with Crippen LogP contribution in [0.1, 0.15) is 71.8 Å². The minimum Gasteiger partial charge on any atom is -0.388 e. The summed E-state index contributed by atoms with van der Waals surface area (Å²) < 4.78 is 0. The van der Waals surface area contributed by atoms with Gasteiger partial charge in [-0.25, -0.2) is 0 Å². The van der Waals surface area contributed by atoms with Crippen LogP contribution >= 0.6 is 23.2 Å². The third kappa shape index (κ3) is 9.69. The highest BCUT2D eigenvalue weighted by Crippen LogP contribution is 2.28. The van der Waals surface area contributed by atoms with E-state index in [9.17, 15) is 9.90 Å². The molecule has 1 aromatic carbocycles. The molecule has 1 heterocycles. The largest absolute Gasteiger partial charge is 0.388 e. The van der Waals surface area contributed by atoms with Crippen LogP contribution in [0.4, 0.5) is 0 Å². The van der Waals surface area contributed by atoms with Crippen LogP contribution in [0.3, 0.4) is 0 Å². The number of aryl methyl sites for hydroxylation is 1. The van der Waals surface area contributed by atoms with E-state index >= 15 is 0 Å². The summed E-state index contributed by atoms with van der Waals surface area (Å²) in [5, 5.41) is 12.0. The molecule has 0 aliphatic carbocycles. The molecule has 178 valence electrons. The predicted octanol–water partition coefficient (Wildman–Crippen LogP) is 6.20. The van der Waals surface area contributed by atoms with Gasteiger partial charge < -0.3 is 14.9 Å². The third-order valence-electron chi connectivity index (χ3n) is 6.02. The second-order valence-corrected chi connectivity index (χ2v) is 9.64. The Hall–Kier alpha value is -0.810. The Morgan fingerprint density at radius 3 is 2.35 bits per heavy atom. The molecular formula is C25H42Cl2N2O2. The average molecular weight is 474 g/mol. The van der Waals surface area contributed by atoms with Crippen molar-refractivity contribution in [2.24, 2.45) is 5.92 Å². The van der Waals surface area contributed by atoms with Crippen molar-refractivity contribution in [3.63, 3.8) is 0 Å². The van der Waals surface area contributed by atoms with Gasteiger partial charge in [0.15, 0.2) is 0 Å². The lowest BCUT2D eigenvalue weighted by Gasteiger charge is -2.27. The summed E-state index contributed by atoms with van der Waals surface area (Å²) in [5.41, 5.74) is 0.358. The summed E-state index contributed by atoms with van der Waals surface area (Å²) in [6.45, 7) is 15.0. The summed E-state index contributed by atoms with van der Waals surface area (Å²) in [6.07, 6.45) is 5.79. The number of hydrogen-bond donors (Lipinski definition) is 1. The molecule has 0 radical (unpaired) electrons. The highest BCUT2D eigenvalue weighted by molar-refractivity contribution is 6.42. The molecule has 31 heavy (non-hydrogen) atoms. The van der Waals surface area contributed by atoms with Crippen molar-refractivity contribution in [1.29, 1.82) is 0 Å². The monoisotopic (exact) mass is 472 g/mol. The number of aliphatic hydroxyl groups is 1. The molecule has 4 nitrogen and oxygen atoms in total. The van der Waals surface area contributed by atoms with Crippen LogP contribution in [0.25, 0.3) is 0 Å². The molecule has 0 aromatic heterocycles. The van der Waals surface area contributed by atoms with Gasteiger partial charge in [-0.15, -0.1) is 0 Å². The van der Waals surface area contributed by atoms with Gasteiger partial charge in [0.25, 0.3) is 0 Å². The number of halogens is 2. The van der Waals surface area contributed by atoms with Gasteiger partial charge in [0.05, 0.1) is 15.6 Å². The zero-order chi connectivity index (χ0) is 23.4. The SMILES string of the molecule is CCCN(CCC)CCCC1(O)CCN(C(=O)C(C)CC)C1.Cc1cccc(Cl)c1Cl. The maximum Gasteiger partial charge on any atom is 0.225 e. The lowest BCUT2D eigenvalue weighted by atomic mass is 9.96. The lowest BCUT2D eigenvalue weighted by Crippen LogP contribution is -2.38. The van der Waals surface area contributed by atoms with Crippen molar-refractivity contribution >= 4 is 29.1 Å². The van der Waals surface area contributed by atoms with E-state index < -0.39 is 5.60 Å². The first-order valence-electron chi connectivity index (χ1n) is 11.8. The first kappa shape index (κ1) is 28.2. The van der Waals surface area contributed by atoms with Gasteiger partial charge in [0.1, 0.15) is 0 Å². The van der Waals surface area contributed by atoms with E-state index in [1.807, 2.05) is 37.8 Å². The molecule has 1 fully saturated rings. The Kier molecular flexibility index (Phi) is 13.1. The number of likely N-dealkylation sites (tertiary alicyclic amines) is 1. The molecule has 1 aromatic rings. The van der Waals surface area contributed by atoms with E-state index in [0.717, 1.165) is 50.9 Å². The molecule has 2 unspecified atom stereocenters. The zero-order valence-electron chi connectivity index (χ0n) is 20.1. The van der Waals surface area contributed by atoms with Crippen molar-refractivity contribution in [3.8, 4) is 0 Å². The fourth-order valence-electron chi connectivity index (χ4n) is 3.95.